The predicted octanol–water partition coefficient (Wildman–Crippen LogP) is 0.667. The minimum Gasteiger partial charge on any atom is -0.356 e. The van der Waals surface area contributed by atoms with E-state index >= 15 is 0 Å². The van der Waals surface area contributed by atoms with Crippen molar-refractivity contribution in [2.45, 2.75) is 13.3 Å². The third kappa shape index (κ3) is 1.22. The van der Waals surface area contributed by atoms with Crippen molar-refractivity contribution in [1.29, 1.82) is 5.26 Å². The van der Waals surface area contributed by atoms with Crippen LogP contribution in [0, 0.1) is 24.6 Å². The van der Waals surface area contributed by atoms with Crippen LogP contribution in [0.1, 0.15) is 17.7 Å². The van der Waals surface area contributed by atoms with Crippen molar-refractivity contribution < 1.29 is 0 Å². The van der Waals surface area contributed by atoms with E-state index in [-0.39, 0.29) is 0 Å². The molecule has 0 N–H and O–H groups in total. The standard InChI is InChI=1S/C9H9N4/c1-7-8(5-10)11-6-12-9(7)13-3-2-4-13/h2-4H2,1H3. The lowest BCUT2D eigenvalue weighted by molar-refractivity contribution is 0.606. The number of rotatable bonds is 1. The fourth-order valence-electron chi connectivity index (χ4n) is 1.34. The van der Waals surface area contributed by atoms with Crippen molar-refractivity contribution in [1.82, 2.24) is 9.97 Å². The maximum Gasteiger partial charge on any atom is 0.201 e. The maximum atomic E-state index is 8.74. The highest BCUT2D eigenvalue weighted by molar-refractivity contribution is 5.52. The summed E-state index contributed by atoms with van der Waals surface area (Å²) in [6.07, 6.45) is 3.71. The fraction of sp³-hybridized carbons (Fsp3) is 0.444. The van der Waals surface area contributed by atoms with Gasteiger partial charge in [-0.15, -0.1) is 0 Å². The van der Waals surface area contributed by atoms with Gasteiger partial charge in [0, 0.05) is 18.7 Å². The van der Waals surface area contributed by atoms with E-state index < -0.39 is 0 Å². The van der Waals surface area contributed by atoms with Crippen LogP contribution in [0.4, 0.5) is 5.82 Å². The Balaban J connectivity index is 2.40. The lowest BCUT2D eigenvalue weighted by Crippen LogP contribution is -2.38. The second kappa shape index (κ2) is 3.02. The van der Waals surface area contributed by atoms with Gasteiger partial charge in [0.1, 0.15) is 17.6 Å². The van der Waals surface area contributed by atoms with Gasteiger partial charge in [-0.2, -0.15) is 5.26 Å². The summed E-state index contributed by atoms with van der Waals surface area (Å²) in [5.41, 5.74) is 1.29. The van der Waals surface area contributed by atoms with Crippen LogP contribution in [0.15, 0.2) is 0 Å². The Kier molecular flexibility index (Phi) is 1.85. The van der Waals surface area contributed by atoms with E-state index in [0.29, 0.717) is 5.69 Å². The van der Waals surface area contributed by atoms with Crippen LogP contribution in [0.2, 0.25) is 0 Å². The molecule has 1 aliphatic rings. The Labute approximate surface area is 76.8 Å². The zero-order valence-corrected chi connectivity index (χ0v) is 7.41. The van der Waals surface area contributed by atoms with Crippen LogP contribution in [0.5, 0.6) is 0 Å². The van der Waals surface area contributed by atoms with Crippen molar-refractivity contribution in [2.75, 3.05) is 18.0 Å². The van der Waals surface area contributed by atoms with Crippen LogP contribution >= 0.6 is 0 Å². The molecule has 1 aromatic rings. The van der Waals surface area contributed by atoms with Gasteiger partial charge in [0.05, 0.1) is 0 Å². The molecule has 0 saturated carbocycles. The predicted molar refractivity (Wildman–Crippen MR) is 47.2 cm³/mol. The van der Waals surface area contributed by atoms with Gasteiger partial charge in [0.15, 0.2) is 0 Å². The Morgan fingerprint density at radius 3 is 2.77 bits per heavy atom. The molecule has 0 atom stereocenters. The lowest BCUT2D eigenvalue weighted by Gasteiger charge is -2.32. The molecule has 13 heavy (non-hydrogen) atoms. The first kappa shape index (κ1) is 7.99. The van der Waals surface area contributed by atoms with E-state index in [1.54, 1.807) is 0 Å². The topological polar surface area (TPSA) is 52.8 Å². The van der Waals surface area contributed by atoms with E-state index in [2.05, 4.69) is 21.2 Å². The summed E-state index contributed by atoms with van der Waals surface area (Å²) in [5, 5.41) is 8.74. The van der Waals surface area contributed by atoms with E-state index in [1.807, 2.05) is 13.0 Å². The summed E-state index contributed by atoms with van der Waals surface area (Å²) in [7, 11) is 0. The molecule has 1 aliphatic heterocycles. The van der Waals surface area contributed by atoms with Crippen LogP contribution in [-0.4, -0.2) is 23.1 Å². The molecule has 1 aromatic heterocycles. The van der Waals surface area contributed by atoms with Gasteiger partial charge in [-0.3, -0.25) is 0 Å². The average molecular weight is 173 g/mol. The van der Waals surface area contributed by atoms with Crippen LogP contribution in [0.25, 0.3) is 0 Å². The second-order valence-electron chi connectivity index (χ2n) is 3.07. The SMILES string of the molecule is Cc1c(C#N)n[c]nc1N1CCC1. The third-order valence-corrected chi connectivity index (χ3v) is 2.27. The molecule has 2 heterocycles. The Morgan fingerprint density at radius 1 is 1.46 bits per heavy atom. The smallest absolute Gasteiger partial charge is 0.201 e. The Bertz CT molecular complexity index is 362. The zero-order valence-electron chi connectivity index (χ0n) is 7.41. The molecule has 65 valence electrons. The molecule has 2 rings (SSSR count). The number of hydrogen-bond acceptors (Lipinski definition) is 4. The number of hydrogen-bond donors (Lipinski definition) is 0. The molecule has 1 saturated heterocycles. The molecule has 0 unspecified atom stereocenters. The molecular weight excluding hydrogens is 164 g/mol. The Hall–Kier alpha value is -1.63. The molecule has 0 amide bonds. The third-order valence-electron chi connectivity index (χ3n) is 2.27. The highest BCUT2D eigenvalue weighted by Crippen LogP contribution is 2.22. The van der Waals surface area contributed by atoms with Gasteiger partial charge in [-0.1, -0.05) is 0 Å². The van der Waals surface area contributed by atoms with Gasteiger partial charge in [-0.25, -0.2) is 9.97 Å². The van der Waals surface area contributed by atoms with E-state index in [1.165, 1.54) is 6.42 Å². The van der Waals surface area contributed by atoms with Crippen molar-refractivity contribution in [3.63, 3.8) is 0 Å². The van der Waals surface area contributed by atoms with Crippen molar-refractivity contribution in [2.24, 2.45) is 0 Å². The minimum absolute atomic E-state index is 0.428. The van der Waals surface area contributed by atoms with Gasteiger partial charge in [0.25, 0.3) is 0 Å². The van der Waals surface area contributed by atoms with Gasteiger partial charge in [-0.05, 0) is 13.3 Å². The molecule has 1 fully saturated rings. The monoisotopic (exact) mass is 173 g/mol. The molecule has 0 aliphatic carbocycles. The molecule has 0 aromatic carbocycles. The van der Waals surface area contributed by atoms with Crippen LogP contribution < -0.4 is 4.90 Å². The van der Waals surface area contributed by atoms with Crippen LogP contribution in [0.3, 0.4) is 0 Å². The summed E-state index contributed by atoms with van der Waals surface area (Å²) < 4.78 is 0. The first-order valence-electron chi connectivity index (χ1n) is 4.22. The molecule has 1 radical (unpaired) electrons. The quantitative estimate of drug-likeness (QED) is 0.626. The fourth-order valence-corrected chi connectivity index (χ4v) is 1.34. The maximum absolute atomic E-state index is 8.74. The van der Waals surface area contributed by atoms with Gasteiger partial charge >= 0.3 is 0 Å². The number of anilines is 1. The lowest BCUT2D eigenvalue weighted by atomic mass is 10.1. The summed E-state index contributed by atoms with van der Waals surface area (Å²) in [6.45, 7) is 3.92. The first-order valence-corrected chi connectivity index (χ1v) is 4.22. The van der Waals surface area contributed by atoms with E-state index in [0.717, 1.165) is 24.5 Å². The molecule has 4 heteroatoms. The zero-order chi connectivity index (χ0) is 9.26. The van der Waals surface area contributed by atoms with Crippen molar-refractivity contribution in [3.8, 4) is 6.07 Å². The normalized spacial score (nSPS) is 14.9. The summed E-state index contributed by atoms with van der Waals surface area (Å²) >= 11 is 0. The summed E-state index contributed by atoms with van der Waals surface area (Å²) in [4.78, 5) is 9.96. The van der Waals surface area contributed by atoms with Gasteiger partial charge < -0.3 is 4.90 Å². The summed E-state index contributed by atoms with van der Waals surface area (Å²) in [6, 6.07) is 2.03. The Morgan fingerprint density at radius 2 is 2.23 bits per heavy atom. The highest BCUT2D eigenvalue weighted by Gasteiger charge is 2.19. The minimum atomic E-state index is 0.428. The van der Waals surface area contributed by atoms with E-state index in [4.69, 9.17) is 5.26 Å². The molecule has 0 bridgehead atoms. The largest absolute Gasteiger partial charge is 0.356 e. The molecule has 0 spiro atoms. The first-order chi connectivity index (χ1) is 6.33. The number of nitriles is 1. The van der Waals surface area contributed by atoms with Crippen molar-refractivity contribution in [3.05, 3.63) is 17.6 Å². The molecular formula is C9H9N4. The number of nitrogens with zero attached hydrogens (tertiary/aromatic N) is 4. The average Bonchev–Trinajstić information content (AvgIpc) is 2.05. The molecule has 4 nitrogen and oxygen atoms in total. The highest BCUT2D eigenvalue weighted by atomic mass is 15.2. The number of aromatic nitrogens is 2. The second-order valence-corrected chi connectivity index (χ2v) is 3.07. The van der Waals surface area contributed by atoms with Crippen LogP contribution in [-0.2, 0) is 0 Å². The van der Waals surface area contributed by atoms with Gasteiger partial charge in [0.2, 0.25) is 6.33 Å². The summed E-state index contributed by atoms with van der Waals surface area (Å²) in [5.74, 6) is 0.859. The van der Waals surface area contributed by atoms with Crippen molar-refractivity contribution >= 4 is 5.82 Å². The van der Waals surface area contributed by atoms with E-state index in [9.17, 15) is 0 Å².